The second-order valence-electron chi connectivity index (χ2n) is 4.47. The molecule has 6 nitrogen and oxygen atoms in total. The molecular weight excluding hydrogens is 232 g/mol. The van der Waals surface area contributed by atoms with Crippen LogP contribution in [0.1, 0.15) is 19.4 Å². The molecule has 0 radical (unpaired) electrons. The zero-order chi connectivity index (χ0) is 13.6. The molecule has 0 atom stereocenters. The van der Waals surface area contributed by atoms with Crippen molar-refractivity contribution in [1.29, 1.82) is 5.26 Å². The van der Waals surface area contributed by atoms with Gasteiger partial charge in [-0.05, 0) is 13.8 Å². The van der Waals surface area contributed by atoms with E-state index < -0.39 is 5.41 Å². The second kappa shape index (κ2) is 6.17. The van der Waals surface area contributed by atoms with E-state index in [4.69, 9.17) is 14.7 Å². The molecule has 0 amide bonds. The Hall–Kier alpha value is -1.87. The van der Waals surface area contributed by atoms with Crippen molar-refractivity contribution in [2.75, 3.05) is 20.8 Å². The normalized spacial score (nSPS) is 10.8. The first-order chi connectivity index (χ1) is 8.54. The molecule has 0 saturated heterocycles. The Balaban J connectivity index is 2.75. The highest BCUT2D eigenvalue weighted by molar-refractivity contribution is 5.34. The van der Waals surface area contributed by atoms with Crippen LogP contribution in [0, 0.1) is 16.7 Å². The highest BCUT2D eigenvalue weighted by Crippen LogP contribution is 2.23. The maximum atomic E-state index is 8.93. The van der Waals surface area contributed by atoms with Gasteiger partial charge in [0.2, 0.25) is 11.8 Å². The van der Waals surface area contributed by atoms with Crippen LogP contribution in [0.15, 0.2) is 6.33 Å². The van der Waals surface area contributed by atoms with E-state index in [0.29, 0.717) is 24.8 Å². The van der Waals surface area contributed by atoms with Crippen molar-refractivity contribution in [2.45, 2.75) is 20.4 Å². The van der Waals surface area contributed by atoms with Crippen molar-refractivity contribution in [3.05, 3.63) is 11.9 Å². The molecule has 1 N–H and O–H groups in total. The van der Waals surface area contributed by atoms with Gasteiger partial charge in [0.25, 0.3) is 0 Å². The fourth-order valence-electron chi connectivity index (χ4n) is 1.42. The maximum Gasteiger partial charge on any atom is 0.224 e. The van der Waals surface area contributed by atoms with E-state index >= 15 is 0 Å². The molecule has 0 aromatic carbocycles. The molecule has 0 aliphatic carbocycles. The number of aromatic nitrogens is 2. The number of rotatable bonds is 6. The lowest BCUT2D eigenvalue weighted by atomic mass is 9.96. The van der Waals surface area contributed by atoms with Gasteiger partial charge < -0.3 is 14.8 Å². The van der Waals surface area contributed by atoms with Gasteiger partial charge in [0.15, 0.2) is 0 Å². The van der Waals surface area contributed by atoms with Gasteiger partial charge in [-0.3, -0.25) is 0 Å². The van der Waals surface area contributed by atoms with E-state index in [-0.39, 0.29) is 0 Å². The number of ether oxygens (including phenoxy) is 2. The number of methoxy groups -OCH3 is 2. The summed E-state index contributed by atoms with van der Waals surface area (Å²) in [6.07, 6.45) is 1.39. The number of hydrogen-bond donors (Lipinski definition) is 1. The molecule has 1 rings (SSSR count). The Morgan fingerprint density at radius 3 is 2.28 bits per heavy atom. The number of nitrogens with zero attached hydrogens (tertiary/aromatic N) is 3. The van der Waals surface area contributed by atoms with Crippen LogP contribution in [-0.2, 0) is 6.54 Å². The molecule has 98 valence electrons. The summed E-state index contributed by atoms with van der Waals surface area (Å²) < 4.78 is 10.3. The summed E-state index contributed by atoms with van der Waals surface area (Å²) in [6.45, 7) is 4.79. The SMILES string of the molecule is COc1ncnc(OC)c1CNCC(C)(C)C#N. The average Bonchev–Trinajstić information content (AvgIpc) is 2.38. The fraction of sp³-hybridized carbons (Fsp3) is 0.583. The summed E-state index contributed by atoms with van der Waals surface area (Å²) in [4.78, 5) is 8.05. The summed E-state index contributed by atoms with van der Waals surface area (Å²) >= 11 is 0. The topological polar surface area (TPSA) is 80.1 Å². The van der Waals surface area contributed by atoms with Gasteiger partial charge in [-0.25, -0.2) is 9.97 Å². The first-order valence-electron chi connectivity index (χ1n) is 5.58. The van der Waals surface area contributed by atoms with Crippen LogP contribution in [0.25, 0.3) is 0 Å². The van der Waals surface area contributed by atoms with E-state index in [1.807, 2.05) is 13.8 Å². The Bertz CT molecular complexity index is 418. The third-order valence-electron chi connectivity index (χ3n) is 2.42. The van der Waals surface area contributed by atoms with Gasteiger partial charge >= 0.3 is 0 Å². The Morgan fingerprint density at radius 2 is 1.83 bits per heavy atom. The van der Waals surface area contributed by atoms with E-state index in [2.05, 4.69) is 21.4 Å². The zero-order valence-corrected chi connectivity index (χ0v) is 11.1. The molecular formula is C12H18N4O2. The molecule has 1 aromatic rings. The summed E-state index contributed by atoms with van der Waals surface area (Å²) in [5.41, 5.74) is 0.326. The molecule has 18 heavy (non-hydrogen) atoms. The van der Waals surface area contributed by atoms with Gasteiger partial charge in [0.05, 0.1) is 31.3 Å². The van der Waals surface area contributed by atoms with E-state index in [1.165, 1.54) is 6.33 Å². The van der Waals surface area contributed by atoms with Crippen LogP contribution in [0.2, 0.25) is 0 Å². The number of nitrogens with one attached hydrogen (secondary N) is 1. The van der Waals surface area contributed by atoms with Gasteiger partial charge in [-0.2, -0.15) is 5.26 Å². The van der Waals surface area contributed by atoms with Crippen LogP contribution in [0.5, 0.6) is 11.8 Å². The number of hydrogen-bond acceptors (Lipinski definition) is 6. The van der Waals surface area contributed by atoms with Gasteiger partial charge in [0.1, 0.15) is 6.33 Å². The number of nitriles is 1. The predicted molar refractivity (Wildman–Crippen MR) is 66.2 cm³/mol. The van der Waals surface area contributed by atoms with Crippen LogP contribution in [0.4, 0.5) is 0 Å². The van der Waals surface area contributed by atoms with Crippen molar-refractivity contribution >= 4 is 0 Å². The first-order valence-corrected chi connectivity index (χ1v) is 5.58. The standard InChI is InChI=1S/C12H18N4O2/c1-12(2,6-13)7-14-5-9-10(17-3)15-8-16-11(9)18-4/h8,14H,5,7H2,1-4H3. The molecule has 0 unspecified atom stereocenters. The van der Waals surface area contributed by atoms with Crippen LogP contribution < -0.4 is 14.8 Å². The van der Waals surface area contributed by atoms with Gasteiger partial charge in [0, 0.05) is 13.1 Å². The monoisotopic (exact) mass is 250 g/mol. The molecule has 0 fully saturated rings. The van der Waals surface area contributed by atoms with Crippen LogP contribution in [-0.4, -0.2) is 30.7 Å². The quantitative estimate of drug-likeness (QED) is 0.815. The predicted octanol–water partition coefficient (Wildman–Crippen LogP) is 1.13. The Labute approximate surface area is 107 Å². The molecule has 0 saturated carbocycles. The second-order valence-corrected chi connectivity index (χ2v) is 4.47. The summed E-state index contributed by atoms with van der Waals surface area (Å²) in [5.74, 6) is 0.952. The molecule has 0 aliphatic rings. The average molecular weight is 250 g/mol. The smallest absolute Gasteiger partial charge is 0.224 e. The summed E-state index contributed by atoms with van der Waals surface area (Å²) in [5, 5.41) is 12.1. The molecule has 0 spiro atoms. The minimum atomic E-state index is -0.421. The first kappa shape index (κ1) is 14.2. The van der Waals surface area contributed by atoms with Gasteiger partial charge in [-0.1, -0.05) is 0 Å². The summed E-state index contributed by atoms with van der Waals surface area (Å²) in [6, 6.07) is 2.23. The lowest BCUT2D eigenvalue weighted by Gasteiger charge is -2.17. The minimum Gasteiger partial charge on any atom is -0.481 e. The molecule has 0 aliphatic heterocycles. The molecule has 0 bridgehead atoms. The largest absolute Gasteiger partial charge is 0.481 e. The van der Waals surface area contributed by atoms with Crippen molar-refractivity contribution < 1.29 is 9.47 Å². The molecule has 1 aromatic heterocycles. The summed E-state index contributed by atoms with van der Waals surface area (Å²) in [7, 11) is 3.09. The van der Waals surface area contributed by atoms with E-state index in [9.17, 15) is 0 Å². The third kappa shape index (κ3) is 3.57. The van der Waals surface area contributed by atoms with Crippen molar-refractivity contribution in [2.24, 2.45) is 5.41 Å². The van der Waals surface area contributed by atoms with E-state index in [0.717, 1.165) is 5.56 Å². The highest BCUT2D eigenvalue weighted by Gasteiger charge is 2.18. The van der Waals surface area contributed by atoms with Crippen LogP contribution in [0.3, 0.4) is 0 Å². The maximum absolute atomic E-state index is 8.93. The Morgan fingerprint density at radius 1 is 1.28 bits per heavy atom. The fourth-order valence-corrected chi connectivity index (χ4v) is 1.42. The minimum absolute atomic E-state index is 0.421. The van der Waals surface area contributed by atoms with Crippen molar-refractivity contribution in [3.8, 4) is 17.8 Å². The molecule has 6 heteroatoms. The zero-order valence-electron chi connectivity index (χ0n) is 11.1. The highest BCUT2D eigenvalue weighted by atomic mass is 16.5. The van der Waals surface area contributed by atoms with Crippen LogP contribution >= 0.6 is 0 Å². The lowest BCUT2D eigenvalue weighted by Crippen LogP contribution is -2.28. The molecule has 1 heterocycles. The third-order valence-corrected chi connectivity index (χ3v) is 2.42. The Kier molecular flexibility index (Phi) is 4.86. The van der Waals surface area contributed by atoms with Crippen molar-refractivity contribution in [3.63, 3.8) is 0 Å². The van der Waals surface area contributed by atoms with Crippen molar-refractivity contribution in [1.82, 2.24) is 15.3 Å². The lowest BCUT2D eigenvalue weighted by molar-refractivity contribution is 0.355. The van der Waals surface area contributed by atoms with E-state index in [1.54, 1.807) is 14.2 Å². The van der Waals surface area contributed by atoms with Gasteiger partial charge in [-0.15, -0.1) is 0 Å².